The highest BCUT2D eigenvalue weighted by atomic mass is 35.5. The molecule has 33 heavy (non-hydrogen) atoms. The van der Waals surface area contributed by atoms with Crippen molar-refractivity contribution in [2.24, 2.45) is 0 Å². The van der Waals surface area contributed by atoms with Gasteiger partial charge in [-0.25, -0.2) is 0 Å². The molecule has 0 unspecified atom stereocenters. The lowest BCUT2D eigenvalue weighted by atomic mass is 10.1. The average Bonchev–Trinajstić information content (AvgIpc) is 2.86. The zero-order valence-electron chi connectivity index (χ0n) is 18.0. The summed E-state index contributed by atoms with van der Waals surface area (Å²) in [6.07, 6.45) is 0. The smallest absolute Gasteiger partial charge is 0.279 e. The fourth-order valence-corrected chi connectivity index (χ4v) is 4.32. The van der Waals surface area contributed by atoms with Gasteiger partial charge in [-0.2, -0.15) is 9.78 Å². The van der Waals surface area contributed by atoms with E-state index in [0.717, 1.165) is 24.7 Å². The molecule has 0 aliphatic carbocycles. The Kier molecular flexibility index (Phi) is 5.94. The molecule has 0 N–H and O–H groups in total. The molecule has 1 amide bonds. The summed E-state index contributed by atoms with van der Waals surface area (Å²) in [6, 6.07) is 24.2. The van der Waals surface area contributed by atoms with Crippen molar-refractivity contribution in [2.75, 3.05) is 26.2 Å². The van der Waals surface area contributed by atoms with Crippen LogP contribution >= 0.6 is 11.6 Å². The van der Waals surface area contributed by atoms with E-state index < -0.39 is 0 Å². The maximum absolute atomic E-state index is 13.5. The highest BCUT2D eigenvalue weighted by Crippen LogP contribution is 2.19. The van der Waals surface area contributed by atoms with Crippen LogP contribution in [0.15, 0.2) is 83.7 Å². The molecular weight excluding hydrogens is 436 g/mol. The summed E-state index contributed by atoms with van der Waals surface area (Å²) in [5.41, 5.74) is 1.90. The molecule has 4 aromatic rings. The highest BCUT2D eigenvalue weighted by molar-refractivity contribution is 6.30. The largest absolute Gasteiger partial charge is 0.335 e. The highest BCUT2D eigenvalue weighted by Gasteiger charge is 2.26. The predicted octanol–water partition coefficient (Wildman–Crippen LogP) is 4.00. The molecule has 0 atom stereocenters. The fourth-order valence-electron chi connectivity index (χ4n) is 4.20. The third-order valence-electron chi connectivity index (χ3n) is 5.99. The minimum atomic E-state index is -0.235. The SMILES string of the molecule is O=C(c1nn(-c2ccccc2)c(=O)c2ccccc12)N1CCN(Cc2ccc(Cl)cc2)CC1. The van der Waals surface area contributed by atoms with Crippen LogP contribution in [0.1, 0.15) is 16.1 Å². The number of carbonyl (C=O) groups excluding carboxylic acids is 1. The van der Waals surface area contributed by atoms with Gasteiger partial charge in [-0.05, 0) is 35.9 Å². The standard InChI is InChI=1S/C26H23ClN4O2/c27-20-12-10-19(11-13-20)18-29-14-16-30(17-15-29)26(33)24-22-8-4-5-9-23(22)25(32)31(28-24)21-6-2-1-3-7-21/h1-13H,14-18H2. The third kappa shape index (κ3) is 4.40. The molecule has 0 radical (unpaired) electrons. The molecule has 1 fully saturated rings. The zero-order valence-corrected chi connectivity index (χ0v) is 18.8. The van der Waals surface area contributed by atoms with Gasteiger partial charge in [0.25, 0.3) is 11.5 Å². The Morgan fingerprint density at radius 3 is 2.15 bits per heavy atom. The number of fused-ring (bicyclic) bond motifs is 1. The third-order valence-corrected chi connectivity index (χ3v) is 6.24. The summed E-state index contributed by atoms with van der Waals surface area (Å²) in [5, 5.41) is 6.33. The number of rotatable bonds is 4. The van der Waals surface area contributed by atoms with Crippen molar-refractivity contribution in [1.82, 2.24) is 19.6 Å². The van der Waals surface area contributed by atoms with Gasteiger partial charge in [0.1, 0.15) is 0 Å². The van der Waals surface area contributed by atoms with E-state index in [-0.39, 0.29) is 11.5 Å². The van der Waals surface area contributed by atoms with Crippen LogP contribution in [0.5, 0.6) is 0 Å². The predicted molar refractivity (Wildman–Crippen MR) is 130 cm³/mol. The van der Waals surface area contributed by atoms with Gasteiger partial charge in [0.15, 0.2) is 5.69 Å². The molecule has 1 saturated heterocycles. The van der Waals surface area contributed by atoms with E-state index in [2.05, 4.69) is 10.00 Å². The number of piperazine rings is 1. The number of carbonyl (C=O) groups is 1. The first kappa shape index (κ1) is 21.4. The first-order chi connectivity index (χ1) is 16.1. The van der Waals surface area contributed by atoms with E-state index in [1.807, 2.05) is 71.6 Å². The van der Waals surface area contributed by atoms with Crippen LogP contribution in [0.3, 0.4) is 0 Å². The minimum absolute atomic E-state index is 0.151. The van der Waals surface area contributed by atoms with Gasteiger partial charge < -0.3 is 4.90 Å². The van der Waals surface area contributed by atoms with Gasteiger partial charge in [-0.15, -0.1) is 0 Å². The Morgan fingerprint density at radius 2 is 1.45 bits per heavy atom. The van der Waals surface area contributed by atoms with E-state index in [1.165, 1.54) is 10.2 Å². The molecule has 0 bridgehead atoms. The summed E-state index contributed by atoms with van der Waals surface area (Å²) in [4.78, 5) is 30.8. The van der Waals surface area contributed by atoms with E-state index in [1.54, 1.807) is 12.1 Å². The van der Waals surface area contributed by atoms with Crippen LogP contribution < -0.4 is 5.56 Å². The Bertz CT molecular complexity index is 1340. The first-order valence-corrected chi connectivity index (χ1v) is 11.3. The van der Waals surface area contributed by atoms with Crippen LogP contribution in [-0.2, 0) is 6.54 Å². The molecule has 2 heterocycles. The summed E-state index contributed by atoms with van der Waals surface area (Å²) in [6.45, 7) is 3.56. The Hall–Kier alpha value is -3.48. The van der Waals surface area contributed by atoms with Gasteiger partial charge in [0.05, 0.1) is 11.1 Å². The number of amides is 1. The average molecular weight is 459 g/mol. The molecule has 0 saturated carbocycles. The second kappa shape index (κ2) is 9.17. The molecule has 1 aromatic heterocycles. The molecule has 166 valence electrons. The molecule has 5 rings (SSSR count). The maximum atomic E-state index is 13.5. The molecule has 6 nitrogen and oxygen atoms in total. The fraction of sp³-hybridized carbons (Fsp3) is 0.192. The van der Waals surface area contributed by atoms with Gasteiger partial charge in [0, 0.05) is 43.1 Å². The van der Waals surface area contributed by atoms with Crippen LogP contribution in [0.4, 0.5) is 0 Å². The van der Waals surface area contributed by atoms with E-state index >= 15 is 0 Å². The van der Waals surface area contributed by atoms with Crippen LogP contribution in [0, 0.1) is 0 Å². The van der Waals surface area contributed by atoms with Gasteiger partial charge in [-0.3, -0.25) is 14.5 Å². The molecule has 0 spiro atoms. The van der Waals surface area contributed by atoms with Gasteiger partial charge in [0.2, 0.25) is 0 Å². The summed E-state index contributed by atoms with van der Waals surface area (Å²) >= 11 is 5.98. The number of aromatic nitrogens is 2. The monoisotopic (exact) mass is 458 g/mol. The zero-order chi connectivity index (χ0) is 22.8. The van der Waals surface area contributed by atoms with Crippen molar-refractivity contribution < 1.29 is 4.79 Å². The summed E-state index contributed by atoms with van der Waals surface area (Å²) < 4.78 is 1.33. The Morgan fingerprint density at radius 1 is 0.818 bits per heavy atom. The van der Waals surface area contributed by atoms with Crippen molar-refractivity contribution in [3.8, 4) is 5.69 Å². The maximum Gasteiger partial charge on any atom is 0.279 e. The van der Waals surface area contributed by atoms with Crippen molar-refractivity contribution in [3.05, 3.63) is 105 Å². The first-order valence-electron chi connectivity index (χ1n) is 10.9. The number of halogens is 1. The molecule has 1 aliphatic heterocycles. The van der Waals surface area contributed by atoms with Crippen molar-refractivity contribution in [1.29, 1.82) is 0 Å². The number of para-hydroxylation sites is 1. The Labute approximate surface area is 196 Å². The molecule has 7 heteroatoms. The normalized spacial score (nSPS) is 14.5. The summed E-state index contributed by atoms with van der Waals surface area (Å²) in [7, 11) is 0. The van der Waals surface area contributed by atoms with Gasteiger partial charge in [-0.1, -0.05) is 60.1 Å². The van der Waals surface area contributed by atoms with Crippen molar-refractivity contribution >= 4 is 28.3 Å². The second-order valence-corrected chi connectivity index (χ2v) is 8.58. The van der Waals surface area contributed by atoms with E-state index in [9.17, 15) is 9.59 Å². The van der Waals surface area contributed by atoms with Gasteiger partial charge >= 0.3 is 0 Å². The lowest BCUT2D eigenvalue weighted by Gasteiger charge is -2.34. The van der Waals surface area contributed by atoms with E-state index in [0.29, 0.717) is 35.2 Å². The number of hydrogen-bond donors (Lipinski definition) is 0. The molecule has 3 aromatic carbocycles. The number of benzene rings is 3. The van der Waals surface area contributed by atoms with E-state index in [4.69, 9.17) is 11.6 Å². The van der Waals surface area contributed by atoms with Crippen molar-refractivity contribution in [2.45, 2.75) is 6.54 Å². The Balaban J connectivity index is 1.40. The number of nitrogens with zero attached hydrogens (tertiary/aromatic N) is 4. The van der Waals surface area contributed by atoms with Crippen LogP contribution in [0.2, 0.25) is 5.02 Å². The number of hydrogen-bond acceptors (Lipinski definition) is 4. The van der Waals surface area contributed by atoms with Crippen LogP contribution in [-0.4, -0.2) is 51.7 Å². The molecule has 1 aliphatic rings. The quantitative estimate of drug-likeness (QED) is 0.464. The minimum Gasteiger partial charge on any atom is -0.335 e. The van der Waals surface area contributed by atoms with Crippen LogP contribution in [0.25, 0.3) is 16.5 Å². The summed E-state index contributed by atoms with van der Waals surface area (Å²) in [5.74, 6) is -0.151. The topological polar surface area (TPSA) is 58.4 Å². The van der Waals surface area contributed by atoms with Crippen molar-refractivity contribution in [3.63, 3.8) is 0 Å². The second-order valence-electron chi connectivity index (χ2n) is 8.14. The lowest BCUT2D eigenvalue weighted by molar-refractivity contribution is 0.0623. The molecular formula is C26H23ClN4O2. The lowest BCUT2D eigenvalue weighted by Crippen LogP contribution is -2.48.